The van der Waals surface area contributed by atoms with Gasteiger partial charge in [0.2, 0.25) is 8.32 Å². The minimum absolute atomic E-state index is 0.205. The lowest BCUT2D eigenvalue weighted by Crippen LogP contribution is -2.43. The van der Waals surface area contributed by atoms with Crippen LogP contribution in [0.3, 0.4) is 0 Å². The highest BCUT2D eigenvalue weighted by atomic mass is 28.4. The zero-order valence-electron chi connectivity index (χ0n) is 10.9. The van der Waals surface area contributed by atoms with Crippen LogP contribution in [0.25, 0.3) is 11.1 Å². The Morgan fingerprint density at radius 1 is 0.833 bits per heavy atom. The van der Waals surface area contributed by atoms with Crippen molar-refractivity contribution in [1.82, 2.24) is 0 Å². The molecule has 18 heavy (non-hydrogen) atoms. The number of rotatable bonds is 3. The third-order valence-corrected chi connectivity index (χ3v) is 6.01. The lowest BCUT2D eigenvalue weighted by Gasteiger charge is -2.20. The van der Waals surface area contributed by atoms with Gasteiger partial charge in [0.05, 0.1) is 0 Å². The van der Waals surface area contributed by atoms with E-state index in [1.54, 1.807) is 19.2 Å². The highest BCUT2D eigenvalue weighted by Crippen LogP contribution is 2.19. The lowest BCUT2D eigenvalue weighted by atomic mass is 10.1. The first-order chi connectivity index (χ1) is 8.53. The molecule has 0 heterocycles. The van der Waals surface area contributed by atoms with Gasteiger partial charge in [-0.05, 0) is 41.5 Å². The molecule has 0 saturated heterocycles. The second-order valence-corrected chi connectivity index (χ2v) is 8.80. The maximum absolute atomic E-state index is 12.9. The van der Waals surface area contributed by atoms with Crippen molar-refractivity contribution in [3.63, 3.8) is 0 Å². The summed E-state index contributed by atoms with van der Waals surface area (Å²) in [5.41, 5.74) is 2.12. The Hall–Kier alpha value is -1.45. The van der Waals surface area contributed by atoms with Crippen LogP contribution in [0.5, 0.6) is 0 Å². The highest BCUT2D eigenvalue weighted by Gasteiger charge is 2.23. The molecular formula is C15H17FOSi. The van der Waals surface area contributed by atoms with Gasteiger partial charge >= 0.3 is 0 Å². The van der Waals surface area contributed by atoms with E-state index in [9.17, 15) is 4.39 Å². The molecule has 0 fully saturated rings. The van der Waals surface area contributed by atoms with Crippen molar-refractivity contribution in [3.8, 4) is 11.1 Å². The van der Waals surface area contributed by atoms with Gasteiger partial charge in [-0.2, -0.15) is 0 Å². The van der Waals surface area contributed by atoms with E-state index in [0.717, 1.165) is 11.1 Å². The van der Waals surface area contributed by atoms with Crippen LogP contribution in [0.2, 0.25) is 13.1 Å². The summed E-state index contributed by atoms with van der Waals surface area (Å²) in [5, 5.41) is 1.26. The monoisotopic (exact) mass is 260 g/mol. The molecule has 2 aromatic rings. The first-order valence-electron chi connectivity index (χ1n) is 5.94. The van der Waals surface area contributed by atoms with Crippen LogP contribution in [-0.4, -0.2) is 15.4 Å². The molecule has 94 valence electrons. The molecule has 1 nitrogen and oxygen atoms in total. The zero-order valence-corrected chi connectivity index (χ0v) is 11.9. The Bertz CT molecular complexity index is 517. The quantitative estimate of drug-likeness (QED) is 0.767. The fraction of sp³-hybridized carbons (Fsp3) is 0.200. The van der Waals surface area contributed by atoms with Gasteiger partial charge in [-0.3, -0.25) is 0 Å². The summed E-state index contributed by atoms with van der Waals surface area (Å²) in [4.78, 5) is 0. The van der Waals surface area contributed by atoms with Gasteiger partial charge in [0.1, 0.15) is 5.82 Å². The van der Waals surface area contributed by atoms with Crippen molar-refractivity contribution in [2.75, 3.05) is 7.11 Å². The summed E-state index contributed by atoms with van der Waals surface area (Å²) in [7, 11) is 0.0178. The van der Waals surface area contributed by atoms with Crippen molar-refractivity contribution in [1.29, 1.82) is 0 Å². The number of benzene rings is 2. The minimum Gasteiger partial charge on any atom is -0.416 e. The summed E-state index contributed by atoms with van der Waals surface area (Å²) in [6.07, 6.45) is 0. The van der Waals surface area contributed by atoms with E-state index in [0.29, 0.717) is 0 Å². The molecule has 2 aromatic carbocycles. The predicted molar refractivity (Wildman–Crippen MR) is 76.0 cm³/mol. The molecule has 0 spiro atoms. The molecule has 2 rings (SSSR count). The summed E-state index contributed by atoms with van der Waals surface area (Å²) < 4.78 is 18.4. The average molecular weight is 260 g/mol. The second kappa shape index (κ2) is 5.04. The van der Waals surface area contributed by atoms with E-state index in [2.05, 4.69) is 37.4 Å². The molecule has 0 radical (unpaired) electrons. The van der Waals surface area contributed by atoms with Gasteiger partial charge < -0.3 is 4.43 Å². The molecule has 0 aromatic heterocycles. The number of hydrogen-bond donors (Lipinski definition) is 0. The molecule has 0 aliphatic heterocycles. The van der Waals surface area contributed by atoms with Gasteiger partial charge in [-0.1, -0.05) is 36.4 Å². The first kappa shape index (κ1) is 13.0. The predicted octanol–water partition coefficient (Wildman–Crippen LogP) is 3.55. The Kier molecular flexibility index (Phi) is 3.64. The molecule has 0 unspecified atom stereocenters. The SMILES string of the molecule is CO[Si](C)(C)c1ccc(-c2ccc(F)cc2)cc1. The maximum atomic E-state index is 12.9. The van der Waals surface area contributed by atoms with Crippen molar-refractivity contribution >= 4 is 13.5 Å². The fourth-order valence-corrected chi connectivity index (χ4v) is 3.03. The summed E-state index contributed by atoms with van der Waals surface area (Å²) in [5.74, 6) is -0.205. The Morgan fingerprint density at radius 2 is 1.28 bits per heavy atom. The van der Waals surface area contributed by atoms with Crippen LogP contribution in [0, 0.1) is 5.82 Å². The molecule has 0 saturated carbocycles. The Labute approximate surface area is 108 Å². The van der Waals surface area contributed by atoms with Gasteiger partial charge in [-0.15, -0.1) is 0 Å². The van der Waals surface area contributed by atoms with Crippen LogP contribution in [0.4, 0.5) is 4.39 Å². The molecule has 0 aliphatic carbocycles. The first-order valence-corrected chi connectivity index (χ1v) is 8.85. The van der Waals surface area contributed by atoms with Crippen molar-refractivity contribution in [3.05, 3.63) is 54.3 Å². The molecule has 0 amide bonds. The molecular weight excluding hydrogens is 243 g/mol. The van der Waals surface area contributed by atoms with E-state index in [4.69, 9.17) is 4.43 Å². The smallest absolute Gasteiger partial charge is 0.217 e. The highest BCUT2D eigenvalue weighted by molar-refractivity contribution is 6.84. The van der Waals surface area contributed by atoms with Crippen molar-refractivity contribution < 1.29 is 8.82 Å². The summed E-state index contributed by atoms with van der Waals surface area (Å²) >= 11 is 0. The summed E-state index contributed by atoms with van der Waals surface area (Å²) in [6, 6.07) is 14.9. The average Bonchev–Trinajstić information content (AvgIpc) is 2.40. The third kappa shape index (κ3) is 2.68. The van der Waals surface area contributed by atoms with E-state index >= 15 is 0 Å². The van der Waals surface area contributed by atoms with Crippen molar-refractivity contribution in [2.24, 2.45) is 0 Å². The van der Waals surface area contributed by atoms with Gasteiger partial charge in [0.25, 0.3) is 0 Å². The molecule has 0 atom stereocenters. The van der Waals surface area contributed by atoms with Crippen LogP contribution in [-0.2, 0) is 4.43 Å². The minimum atomic E-state index is -1.75. The largest absolute Gasteiger partial charge is 0.416 e. The maximum Gasteiger partial charge on any atom is 0.217 e. The topological polar surface area (TPSA) is 9.23 Å². The number of halogens is 1. The van der Waals surface area contributed by atoms with E-state index in [1.807, 2.05) is 0 Å². The molecule has 3 heteroatoms. The molecule has 0 aliphatic rings. The van der Waals surface area contributed by atoms with E-state index in [-0.39, 0.29) is 5.82 Å². The summed E-state index contributed by atoms with van der Waals surface area (Å²) in [6.45, 7) is 4.33. The van der Waals surface area contributed by atoms with Crippen LogP contribution < -0.4 is 5.19 Å². The number of hydrogen-bond acceptors (Lipinski definition) is 1. The Morgan fingerprint density at radius 3 is 1.72 bits per heavy atom. The normalized spacial score (nSPS) is 11.6. The third-order valence-electron chi connectivity index (χ3n) is 3.27. The van der Waals surface area contributed by atoms with Gasteiger partial charge in [-0.25, -0.2) is 4.39 Å². The van der Waals surface area contributed by atoms with Crippen molar-refractivity contribution in [2.45, 2.75) is 13.1 Å². The standard InChI is InChI=1S/C15H17FOSi/c1-17-18(2,3)15-10-6-13(7-11-15)12-4-8-14(16)9-5-12/h4-11H,1-3H3. The second-order valence-electron chi connectivity index (χ2n) is 4.80. The van der Waals surface area contributed by atoms with Crippen LogP contribution >= 0.6 is 0 Å². The zero-order chi connectivity index (χ0) is 13.2. The lowest BCUT2D eigenvalue weighted by molar-refractivity contribution is 0.416. The van der Waals surface area contributed by atoms with Gasteiger partial charge in [0.15, 0.2) is 0 Å². The van der Waals surface area contributed by atoms with Crippen LogP contribution in [0.1, 0.15) is 0 Å². The van der Waals surface area contributed by atoms with Crippen LogP contribution in [0.15, 0.2) is 48.5 Å². The van der Waals surface area contributed by atoms with E-state index in [1.165, 1.54) is 17.3 Å². The van der Waals surface area contributed by atoms with Gasteiger partial charge in [0, 0.05) is 7.11 Å². The van der Waals surface area contributed by atoms with E-state index < -0.39 is 8.32 Å². The molecule has 0 N–H and O–H groups in total. The fourth-order valence-electron chi connectivity index (χ4n) is 1.82. The molecule has 0 bridgehead atoms. The Balaban J connectivity index is 2.30.